The molecule has 1 aliphatic heterocycles. The SMILES string of the molecule is c1ccc(N(c2ccc3c(c2)Oc2ccccc2C32c3ccccc3-c3cccc4cccc2c34)c2ccc3c(c2)c2ccccc2n3-c2cccc3oc4ccccc4c23)cc1. The van der Waals surface area contributed by atoms with Crippen LogP contribution < -0.4 is 9.64 Å². The van der Waals surface area contributed by atoms with Gasteiger partial charge in [-0.25, -0.2) is 0 Å². The zero-order chi connectivity index (χ0) is 41.2. The number of aromatic nitrogens is 1. The Labute approximate surface area is 363 Å². The molecule has 0 amide bonds. The smallest absolute Gasteiger partial charge is 0.137 e. The number of benzene rings is 10. The zero-order valence-corrected chi connectivity index (χ0v) is 34.0. The van der Waals surface area contributed by atoms with Gasteiger partial charge in [0.2, 0.25) is 0 Å². The predicted octanol–water partition coefficient (Wildman–Crippen LogP) is 15.8. The maximum atomic E-state index is 7.07. The molecule has 0 N–H and O–H groups in total. The molecule has 3 heterocycles. The first-order valence-corrected chi connectivity index (χ1v) is 21.6. The van der Waals surface area contributed by atoms with E-state index in [1.165, 1.54) is 43.8 Å². The number of nitrogens with zero attached hydrogens (tertiary/aromatic N) is 2. The van der Waals surface area contributed by atoms with E-state index in [0.717, 1.165) is 78.3 Å². The molecular weight excluding hydrogens is 769 g/mol. The van der Waals surface area contributed by atoms with Gasteiger partial charge in [0, 0.05) is 50.4 Å². The number of fused-ring (bicyclic) bond motifs is 14. The number of ether oxygens (including phenoxy) is 1. The first-order valence-electron chi connectivity index (χ1n) is 21.6. The minimum absolute atomic E-state index is 0.603. The summed E-state index contributed by atoms with van der Waals surface area (Å²) in [6.45, 7) is 0. The fourth-order valence-corrected chi connectivity index (χ4v) is 11.1. The summed E-state index contributed by atoms with van der Waals surface area (Å²) in [5, 5.41) is 7.10. The summed E-state index contributed by atoms with van der Waals surface area (Å²) < 4.78 is 15.8. The van der Waals surface area contributed by atoms with Gasteiger partial charge in [-0.3, -0.25) is 0 Å². The Bertz CT molecular complexity index is 3850. The van der Waals surface area contributed by atoms with Gasteiger partial charge in [-0.15, -0.1) is 0 Å². The summed E-state index contributed by atoms with van der Waals surface area (Å²) in [5.41, 5.74) is 15.0. The lowest BCUT2D eigenvalue weighted by molar-refractivity contribution is 0.435. The Hall–Kier alpha value is -8.34. The maximum Gasteiger partial charge on any atom is 0.137 e. The molecule has 0 bridgehead atoms. The monoisotopic (exact) mass is 804 g/mol. The number of anilines is 3. The van der Waals surface area contributed by atoms with Crippen LogP contribution in [0, 0.1) is 0 Å². The fraction of sp³-hybridized carbons (Fsp3) is 0.0169. The van der Waals surface area contributed by atoms with Crippen molar-refractivity contribution in [2.75, 3.05) is 4.90 Å². The second kappa shape index (κ2) is 12.8. The lowest BCUT2D eigenvalue weighted by Gasteiger charge is -2.45. The third-order valence-electron chi connectivity index (χ3n) is 13.6. The third-order valence-corrected chi connectivity index (χ3v) is 13.6. The highest BCUT2D eigenvalue weighted by atomic mass is 16.5. The number of hydrogen-bond acceptors (Lipinski definition) is 3. The van der Waals surface area contributed by atoms with Crippen molar-refractivity contribution in [2.45, 2.75) is 5.41 Å². The molecule has 10 aromatic carbocycles. The van der Waals surface area contributed by atoms with Crippen molar-refractivity contribution >= 4 is 71.6 Å². The molecule has 0 saturated heterocycles. The topological polar surface area (TPSA) is 30.5 Å². The Morgan fingerprint density at radius 1 is 0.381 bits per heavy atom. The van der Waals surface area contributed by atoms with Crippen molar-refractivity contribution in [1.29, 1.82) is 0 Å². The van der Waals surface area contributed by atoms with Crippen LogP contribution in [0.15, 0.2) is 223 Å². The fourth-order valence-electron chi connectivity index (χ4n) is 11.1. The van der Waals surface area contributed by atoms with Crippen LogP contribution in [-0.2, 0) is 5.41 Å². The van der Waals surface area contributed by atoms with Gasteiger partial charge in [0.25, 0.3) is 0 Å². The van der Waals surface area contributed by atoms with Gasteiger partial charge >= 0.3 is 0 Å². The molecule has 4 nitrogen and oxygen atoms in total. The molecule has 4 heteroatoms. The molecule has 0 fully saturated rings. The standard InChI is InChI=1S/C59H36N2O2/c1-2-17-38(18-3-1)60(39-32-34-51-45(35-39)42-20-5-9-26-50(42)61(51)52-27-14-30-55-58(52)44-21-6-10-28-53(44)62-55)40-31-33-48-56(36-40)63-54-29-11-8-24-47(54)59(48)46-23-7-4-19-41(46)43-22-12-15-37-16-13-25-49(59)57(37)43/h1-36H. The predicted molar refractivity (Wildman–Crippen MR) is 258 cm³/mol. The van der Waals surface area contributed by atoms with Crippen molar-refractivity contribution < 1.29 is 9.15 Å². The van der Waals surface area contributed by atoms with Crippen LogP contribution in [-0.4, -0.2) is 4.57 Å². The van der Waals surface area contributed by atoms with Gasteiger partial charge < -0.3 is 18.6 Å². The Kier molecular flexibility index (Phi) is 7.01. The number of furan rings is 1. The Morgan fingerprint density at radius 2 is 1.03 bits per heavy atom. The summed E-state index contributed by atoms with van der Waals surface area (Å²) in [5.74, 6) is 1.71. The highest BCUT2D eigenvalue weighted by molar-refractivity contribution is 6.15. The third kappa shape index (κ3) is 4.64. The number of hydrogen-bond donors (Lipinski definition) is 0. The van der Waals surface area contributed by atoms with Crippen molar-refractivity contribution in [2.24, 2.45) is 0 Å². The van der Waals surface area contributed by atoms with Crippen molar-refractivity contribution in [3.05, 3.63) is 241 Å². The van der Waals surface area contributed by atoms with E-state index in [0.29, 0.717) is 0 Å². The Morgan fingerprint density at radius 3 is 1.95 bits per heavy atom. The molecule has 12 aromatic rings. The van der Waals surface area contributed by atoms with E-state index in [1.54, 1.807) is 0 Å². The van der Waals surface area contributed by atoms with Crippen molar-refractivity contribution in [3.8, 4) is 28.3 Å². The van der Waals surface area contributed by atoms with E-state index in [9.17, 15) is 0 Å². The maximum absolute atomic E-state index is 7.07. The molecule has 1 unspecified atom stereocenters. The first kappa shape index (κ1) is 34.4. The van der Waals surface area contributed by atoms with Crippen LogP contribution in [0.25, 0.3) is 71.3 Å². The van der Waals surface area contributed by atoms with Crippen LogP contribution in [0.4, 0.5) is 17.1 Å². The summed E-state index contributed by atoms with van der Waals surface area (Å²) >= 11 is 0. The van der Waals surface area contributed by atoms with Crippen molar-refractivity contribution in [3.63, 3.8) is 0 Å². The molecule has 1 spiro atoms. The normalized spacial score (nSPS) is 14.9. The second-order valence-corrected chi connectivity index (χ2v) is 16.8. The van der Waals surface area contributed by atoms with Crippen LogP contribution in [0.2, 0.25) is 0 Å². The lowest BCUT2D eigenvalue weighted by atomic mass is 9.58. The highest BCUT2D eigenvalue weighted by Gasteiger charge is 2.49. The molecule has 1 aliphatic carbocycles. The minimum atomic E-state index is -0.603. The van der Waals surface area contributed by atoms with E-state index < -0.39 is 5.41 Å². The number of para-hydroxylation sites is 4. The largest absolute Gasteiger partial charge is 0.457 e. The molecule has 0 radical (unpaired) electrons. The zero-order valence-electron chi connectivity index (χ0n) is 34.0. The van der Waals surface area contributed by atoms with E-state index in [-0.39, 0.29) is 0 Å². The van der Waals surface area contributed by atoms with E-state index in [1.807, 2.05) is 12.1 Å². The van der Waals surface area contributed by atoms with E-state index >= 15 is 0 Å². The van der Waals surface area contributed by atoms with E-state index in [4.69, 9.17) is 9.15 Å². The molecule has 2 aliphatic rings. The van der Waals surface area contributed by atoms with Crippen LogP contribution >= 0.6 is 0 Å². The first-order chi connectivity index (χ1) is 31.3. The van der Waals surface area contributed by atoms with Crippen LogP contribution in [0.1, 0.15) is 22.3 Å². The van der Waals surface area contributed by atoms with Gasteiger partial charge in [-0.2, -0.15) is 0 Å². The molecule has 0 saturated carbocycles. The summed E-state index contributed by atoms with van der Waals surface area (Å²) in [6.07, 6.45) is 0. The van der Waals surface area contributed by atoms with Gasteiger partial charge in [0.1, 0.15) is 22.7 Å². The molecule has 2 aromatic heterocycles. The second-order valence-electron chi connectivity index (χ2n) is 16.8. The average molecular weight is 805 g/mol. The molecule has 1 atom stereocenters. The minimum Gasteiger partial charge on any atom is -0.457 e. The van der Waals surface area contributed by atoms with Gasteiger partial charge in [0.05, 0.1) is 27.5 Å². The Balaban J connectivity index is 1.00. The summed E-state index contributed by atoms with van der Waals surface area (Å²) in [7, 11) is 0. The van der Waals surface area contributed by atoms with Crippen LogP contribution in [0.3, 0.4) is 0 Å². The molecule has 14 rings (SSSR count). The van der Waals surface area contributed by atoms with E-state index in [2.05, 4.69) is 216 Å². The molecule has 63 heavy (non-hydrogen) atoms. The molecular formula is C59H36N2O2. The van der Waals surface area contributed by atoms with Crippen molar-refractivity contribution in [1.82, 2.24) is 4.57 Å². The summed E-state index contributed by atoms with van der Waals surface area (Å²) in [4.78, 5) is 2.36. The van der Waals surface area contributed by atoms with Gasteiger partial charge in [0.15, 0.2) is 0 Å². The lowest BCUT2D eigenvalue weighted by Crippen LogP contribution is -2.36. The quantitative estimate of drug-likeness (QED) is 0.178. The van der Waals surface area contributed by atoms with Gasteiger partial charge in [-0.05, 0) is 99.8 Å². The number of rotatable bonds is 4. The van der Waals surface area contributed by atoms with Crippen LogP contribution in [0.5, 0.6) is 11.5 Å². The summed E-state index contributed by atoms with van der Waals surface area (Å²) in [6, 6.07) is 78.9. The molecule has 294 valence electrons. The average Bonchev–Trinajstić information content (AvgIpc) is 3.89. The highest BCUT2D eigenvalue weighted by Crippen LogP contribution is 2.61. The van der Waals surface area contributed by atoms with Gasteiger partial charge in [-0.1, -0.05) is 146 Å².